The van der Waals surface area contributed by atoms with Gasteiger partial charge in [-0.15, -0.1) is 0 Å². The van der Waals surface area contributed by atoms with E-state index < -0.39 is 0 Å². The SMILES string of the molecule is C1CCC(Cc2nc(C3CCNCC3)no2)SC1. The zero-order valence-electron chi connectivity index (χ0n) is 10.7. The minimum absolute atomic E-state index is 0.503. The van der Waals surface area contributed by atoms with Gasteiger partial charge in [0.25, 0.3) is 0 Å². The molecular formula is C13H21N3OS. The molecule has 0 aliphatic carbocycles. The third kappa shape index (κ3) is 3.06. The second-order valence-electron chi connectivity index (χ2n) is 5.26. The number of aromatic nitrogens is 2. The highest BCUT2D eigenvalue weighted by molar-refractivity contribution is 7.99. The molecule has 3 rings (SSSR count). The normalized spacial score (nSPS) is 26.3. The van der Waals surface area contributed by atoms with E-state index in [-0.39, 0.29) is 0 Å². The van der Waals surface area contributed by atoms with E-state index in [2.05, 4.69) is 27.2 Å². The Kier molecular flexibility index (Phi) is 4.20. The van der Waals surface area contributed by atoms with E-state index in [1.807, 2.05) is 0 Å². The third-order valence-corrected chi connectivity index (χ3v) is 5.26. The molecule has 2 fully saturated rings. The smallest absolute Gasteiger partial charge is 0.227 e. The number of nitrogens with one attached hydrogen (secondary N) is 1. The van der Waals surface area contributed by atoms with Gasteiger partial charge >= 0.3 is 0 Å². The highest BCUT2D eigenvalue weighted by Crippen LogP contribution is 2.28. The lowest BCUT2D eigenvalue weighted by molar-refractivity contribution is 0.358. The van der Waals surface area contributed by atoms with Crippen LogP contribution in [0.3, 0.4) is 0 Å². The van der Waals surface area contributed by atoms with Gasteiger partial charge in [0.15, 0.2) is 5.82 Å². The molecule has 0 saturated carbocycles. The standard InChI is InChI=1S/C13H21N3OS/c1-2-8-18-11(3-1)9-12-15-13(16-17-12)10-4-6-14-7-5-10/h10-11,14H,1-9H2. The van der Waals surface area contributed by atoms with Crippen molar-refractivity contribution in [2.24, 2.45) is 0 Å². The highest BCUT2D eigenvalue weighted by Gasteiger charge is 2.22. The lowest BCUT2D eigenvalue weighted by Crippen LogP contribution is -2.27. The molecule has 1 aromatic heterocycles. The van der Waals surface area contributed by atoms with Crippen LogP contribution >= 0.6 is 11.8 Å². The maximum atomic E-state index is 5.43. The first-order valence-corrected chi connectivity index (χ1v) is 8.11. The maximum Gasteiger partial charge on any atom is 0.227 e. The minimum Gasteiger partial charge on any atom is -0.339 e. The molecule has 5 heteroatoms. The van der Waals surface area contributed by atoms with Gasteiger partial charge in [0, 0.05) is 17.6 Å². The fourth-order valence-electron chi connectivity index (χ4n) is 2.76. The van der Waals surface area contributed by atoms with Gasteiger partial charge in [-0.05, 0) is 44.5 Å². The number of hydrogen-bond acceptors (Lipinski definition) is 5. The predicted octanol–water partition coefficient (Wildman–Crippen LogP) is 2.36. The Hall–Kier alpha value is -0.550. The number of thioether (sulfide) groups is 1. The van der Waals surface area contributed by atoms with Crippen LogP contribution in [0.4, 0.5) is 0 Å². The summed E-state index contributed by atoms with van der Waals surface area (Å²) < 4.78 is 5.43. The van der Waals surface area contributed by atoms with Gasteiger partial charge in [-0.3, -0.25) is 0 Å². The Labute approximate surface area is 112 Å². The zero-order valence-corrected chi connectivity index (χ0v) is 11.5. The van der Waals surface area contributed by atoms with E-state index in [4.69, 9.17) is 4.52 Å². The highest BCUT2D eigenvalue weighted by atomic mass is 32.2. The summed E-state index contributed by atoms with van der Waals surface area (Å²) in [6, 6.07) is 0. The molecule has 4 nitrogen and oxygen atoms in total. The van der Waals surface area contributed by atoms with Gasteiger partial charge in [0.05, 0.1) is 0 Å². The van der Waals surface area contributed by atoms with Gasteiger partial charge in [-0.25, -0.2) is 0 Å². The van der Waals surface area contributed by atoms with Crippen molar-refractivity contribution in [2.75, 3.05) is 18.8 Å². The van der Waals surface area contributed by atoms with Crippen molar-refractivity contribution in [1.82, 2.24) is 15.5 Å². The Morgan fingerprint density at radius 3 is 2.89 bits per heavy atom. The van der Waals surface area contributed by atoms with Crippen molar-refractivity contribution in [1.29, 1.82) is 0 Å². The predicted molar refractivity (Wildman–Crippen MR) is 72.9 cm³/mol. The molecule has 2 saturated heterocycles. The first-order valence-electron chi connectivity index (χ1n) is 7.06. The zero-order chi connectivity index (χ0) is 12.2. The fraction of sp³-hybridized carbons (Fsp3) is 0.846. The molecule has 2 aliphatic heterocycles. The van der Waals surface area contributed by atoms with E-state index >= 15 is 0 Å². The molecule has 2 aliphatic rings. The summed E-state index contributed by atoms with van der Waals surface area (Å²) in [6.45, 7) is 2.15. The molecule has 3 heterocycles. The minimum atomic E-state index is 0.503. The van der Waals surface area contributed by atoms with Crippen LogP contribution in [0.25, 0.3) is 0 Å². The number of nitrogens with zero attached hydrogens (tertiary/aromatic N) is 2. The van der Waals surface area contributed by atoms with Crippen LogP contribution in [0.5, 0.6) is 0 Å². The summed E-state index contributed by atoms with van der Waals surface area (Å²) >= 11 is 2.07. The average Bonchev–Trinajstić information content (AvgIpc) is 2.89. The molecule has 1 atom stereocenters. The second-order valence-corrected chi connectivity index (χ2v) is 6.67. The van der Waals surface area contributed by atoms with Crippen molar-refractivity contribution in [3.63, 3.8) is 0 Å². The fourth-order valence-corrected chi connectivity index (χ4v) is 4.06. The van der Waals surface area contributed by atoms with Crippen molar-refractivity contribution in [3.05, 3.63) is 11.7 Å². The van der Waals surface area contributed by atoms with Gasteiger partial charge in [-0.1, -0.05) is 11.6 Å². The van der Waals surface area contributed by atoms with E-state index in [9.17, 15) is 0 Å². The van der Waals surface area contributed by atoms with Crippen molar-refractivity contribution >= 4 is 11.8 Å². The van der Waals surface area contributed by atoms with Gasteiger partial charge < -0.3 is 9.84 Å². The quantitative estimate of drug-likeness (QED) is 0.911. The van der Waals surface area contributed by atoms with E-state index in [1.54, 1.807) is 0 Å². The van der Waals surface area contributed by atoms with Crippen LogP contribution in [0.1, 0.15) is 49.7 Å². The van der Waals surface area contributed by atoms with Crippen LogP contribution < -0.4 is 5.32 Å². The van der Waals surface area contributed by atoms with E-state index in [0.29, 0.717) is 11.2 Å². The molecule has 1 N–H and O–H groups in total. The number of hydrogen-bond donors (Lipinski definition) is 1. The topological polar surface area (TPSA) is 51.0 Å². The number of piperidine rings is 1. The monoisotopic (exact) mass is 267 g/mol. The largest absolute Gasteiger partial charge is 0.339 e. The van der Waals surface area contributed by atoms with E-state index in [0.717, 1.165) is 44.1 Å². The van der Waals surface area contributed by atoms with Gasteiger partial charge in [0.2, 0.25) is 5.89 Å². The van der Waals surface area contributed by atoms with Crippen molar-refractivity contribution in [3.8, 4) is 0 Å². The summed E-state index contributed by atoms with van der Waals surface area (Å²) in [4.78, 5) is 4.61. The molecule has 0 spiro atoms. The molecule has 0 amide bonds. The molecule has 0 bridgehead atoms. The molecule has 100 valence electrons. The maximum absolute atomic E-state index is 5.43. The Morgan fingerprint density at radius 1 is 1.22 bits per heavy atom. The van der Waals surface area contributed by atoms with Crippen molar-refractivity contribution in [2.45, 2.75) is 49.7 Å². The molecular weight excluding hydrogens is 246 g/mol. The summed E-state index contributed by atoms with van der Waals surface area (Å²) in [5.41, 5.74) is 0. The molecule has 0 aromatic carbocycles. The first kappa shape index (κ1) is 12.5. The Balaban J connectivity index is 1.58. The van der Waals surface area contributed by atoms with Gasteiger partial charge in [0.1, 0.15) is 0 Å². The van der Waals surface area contributed by atoms with E-state index in [1.165, 1.54) is 25.0 Å². The lowest BCUT2D eigenvalue weighted by Gasteiger charge is -2.19. The second kappa shape index (κ2) is 6.06. The van der Waals surface area contributed by atoms with Crippen LogP contribution in [-0.2, 0) is 6.42 Å². The summed E-state index contributed by atoms with van der Waals surface area (Å²) in [6.07, 6.45) is 7.25. The number of rotatable bonds is 3. The van der Waals surface area contributed by atoms with Crippen LogP contribution in [0, 0.1) is 0 Å². The first-order chi connectivity index (χ1) is 8.92. The molecule has 1 unspecified atom stereocenters. The summed E-state index contributed by atoms with van der Waals surface area (Å²) in [5, 5.41) is 8.24. The Bertz CT molecular complexity index is 370. The molecule has 0 radical (unpaired) electrons. The Morgan fingerprint density at radius 2 is 2.11 bits per heavy atom. The molecule has 1 aromatic rings. The third-order valence-electron chi connectivity index (χ3n) is 3.86. The molecule has 18 heavy (non-hydrogen) atoms. The average molecular weight is 267 g/mol. The van der Waals surface area contributed by atoms with Crippen LogP contribution in [0.15, 0.2) is 4.52 Å². The summed E-state index contributed by atoms with van der Waals surface area (Å²) in [5.74, 6) is 3.58. The van der Waals surface area contributed by atoms with Crippen molar-refractivity contribution < 1.29 is 4.52 Å². The van der Waals surface area contributed by atoms with Gasteiger partial charge in [-0.2, -0.15) is 16.7 Å². The van der Waals surface area contributed by atoms with Crippen LogP contribution in [-0.4, -0.2) is 34.2 Å². The lowest BCUT2D eigenvalue weighted by atomic mass is 9.98. The van der Waals surface area contributed by atoms with Crippen LogP contribution in [0.2, 0.25) is 0 Å². The summed E-state index contributed by atoms with van der Waals surface area (Å²) in [7, 11) is 0.